The van der Waals surface area contributed by atoms with E-state index in [-0.39, 0.29) is 6.03 Å². The number of benzene rings is 1. The topological polar surface area (TPSA) is 82.3 Å². The van der Waals surface area contributed by atoms with Crippen molar-refractivity contribution in [2.45, 2.75) is 31.9 Å². The van der Waals surface area contributed by atoms with Crippen LogP contribution in [0.15, 0.2) is 24.3 Å². The number of primary amides is 1. The van der Waals surface area contributed by atoms with Crippen molar-refractivity contribution in [2.24, 2.45) is 5.73 Å². The van der Waals surface area contributed by atoms with Gasteiger partial charge in [0.25, 0.3) is 0 Å². The number of aliphatic hydroxyl groups excluding tert-OH is 1. The molecule has 0 unspecified atom stereocenters. The summed E-state index contributed by atoms with van der Waals surface area (Å²) in [5.41, 5.74) is 6.53. The third-order valence-electron chi connectivity index (χ3n) is 5.37. The number of likely N-dealkylation sites (tertiary alicyclic amines) is 1. The van der Waals surface area contributed by atoms with E-state index in [9.17, 15) is 9.90 Å². The molecule has 7 heteroatoms. The second-order valence-corrected chi connectivity index (χ2v) is 7.57. The summed E-state index contributed by atoms with van der Waals surface area (Å²) in [4.78, 5) is 17.5. The molecule has 1 aromatic rings. The summed E-state index contributed by atoms with van der Waals surface area (Å²) in [6.07, 6.45) is 3.31. The summed E-state index contributed by atoms with van der Waals surface area (Å²) in [6, 6.07) is 7.71. The maximum absolute atomic E-state index is 11.2. The fourth-order valence-corrected chi connectivity index (χ4v) is 3.76. The Bertz CT molecular complexity index is 581. The van der Waals surface area contributed by atoms with Gasteiger partial charge in [0.05, 0.1) is 0 Å². The van der Waals surface area contributed by atoms with E-state index < -0.39 is 6.10 Å². The monoisotopic (exact) mass is 376 g/mol. The lowest BCUT2D eigenvalue weighted by Gasteiger charge is -2.33. The molecule has 0 spiro atoms. The van der Waals surface area contributed by atoms with Gasteiger partial charge in [0.15, 0.2) is 0 Å². The molecular formula is C20H32N4O3. The molecule has 150 valence electrons. The standard InChI is InChI=1S/C20H32N4O3/c21-20(26)24-12-10-23(11-13-24)14-17-4-6-19(7-5-17)27-16-18(25)15-22-8-2-1-3-9-22/h4-7,18,25H,1-3,8-16H2,(H2,21,26)/t18-/m0/s1. The van der Waals surface area contributed by atoms with Crippen molar-refractivity contribution in [3.63, 3.8) is 0 Å². The number of piperazine rings is 1. The van der Waals surface area contributed by atoms with Crippen LogP contribution in [0.25, 0.3) is 0 Å². The first kappa shape index (κ1) is 19.9. The molecule has 2 fully saturated rings. The minimum Gasteiger partial charge on any atom is -0.491 e. The Morgan fingerprint density at radius 2 is 1.67 bits per heavy atom. The first-order chi connectivity index (χ1) is 13.1. The number of nitrogens with zero attached hydrogens (tertiary/aromatic N) is 3. The number of hydrogen-bond acceptors (Lipinski definition) is 5. The van der Waals surface area contributed by atoms with Crippen LogP contribution in [0.2, 0.25) is 0 Å². The van der Waals surface area contributed by atoms with Crippen molar-refractivity contribution in [1.29, 1.82) is 0 Å². The van der Waals surface area contributed by atoms with Gasteiger partial charge in [-0.25, -0.2) is 4.79 Å². The summed E-state index contributed by atoms with van der Waals surface area (Å²) in [5, 5.41) is 10.2. The molecule has 0 bridgehead atoms. The van der Waals surface area contributed by atoms with Gasteiger partial charge in [-0.15, -0.1) is 0 Å². The Hall–Kier alpha value is -1.83. The van der Waals surface area contributed by atoms with Gasteiger partial charge in [-0.2, -0.15) is 0 Å². The average Bonchev–Trinajstić information content (AvgIpc) is 2.69. The molecule has 0 aliphatic carbocycles. The Morgan fingerprint density at radius 3 is 2.30 bits per heavy atom. The average molecular weight is 377 g/mol. The van der Waals surface area contributed by atoms with Crippen molar-refractivity contribution in [1.82, 2.24) is 14.7 Å². The second-order valence-electron chi connectivity index (χ2n) is 7.57. The van der Waals surface area contributed by atoms with Crippen LogP contribution in [-0.4, -0.2) is 84.4 Å². The van der Waals surface area contributed by atoms with E-state index in [2.05, 4.69) is 21.9 Å². The SMILES string of the molecule is NC(=O)N1CCN(Cc2ccc(OC[C@@H](O)CN3CCCCC3)cc2)CC1. The second kappa shape index (κ2) is 9.92. The lowest BCUT2D eigenvalue weighted by Crippen LogP contribution is -2.50. The zero-order chi connectivity index (χ0) is 19.1. The van der Waals surface area contributed by atoms with E-state index in [0.29, 0.717) is 26.2 Å². The maximum Gasteiger partial charge on any atom is 0.314 e. The van der Waals surface area contributed by atoms with Crippen LogP contribution in [0, 0.1) is 0 Å². The number of hydrogen-bond donors (Lipinski definition) is 2. The highest BCUT2D eigenvalue weighted by atomic mass is 16.5. The molecule has 2 aliphatic rings. The van der Waals surface area contributed by atoms with E-state index >= 15 is 0 Å². The number of piperidine rings is 1. The van der Waals surface area contributed by atoms with E-state index in [1.807, 2.05) is 12.1 Å². The minimum atomic E-state index is -0.454. The molecule has 0 radical (unpaired) electrons. The van der Waals surface area contributed by atoms with Crippen molar-refractivity contribution >= 4 is 6.03 Å². The third-order valence-corrected chi connectivity index (χ3v) is 5.37. The largest absolute Gasteiger partial charge is 0.491 e. The van der Waals surface area contributed by atoms with Gasteiger partial charge in [0.1, 0.15) is 18.5 Å². The van der Waals surface area contributed by atoms with Crippen molar-refractivity contribution in [3.05, 3.63) is 29.8 Å². The van der Waals surface area contributed by atoms with E-state index in [0.717, 1.165) is 38.5 Å². The molecular weight excluding hydrogens is 344 g/mol. The number of carbonyl (C=O) groups is 1. The first-order valence-electron chi connectivity index (χ1n) is 9.99. The molecule has 0 saturated carbocycles. The highest BCUT2D eigenvalue weighted by Gasteiger charge is 2.19. The summed E-state index contributed by atoms with van der Waals surface area (Å²) in [7, 11) is 0. The fraction of sp³-hybridized carbons (Fsp3) is 0.650. The van der Waals surface area contributed by atoms with Gasteiger partial charge < -0.3 is 25.4 Å². The van der Waals surface area contributed by atoms with Gasteiger partial charge >= 0.3 is 6.03 Å². The van der Waals surface area contributed by atoms with Gasteiger partial charge in [-0.1, -0.05) is 18.6 Å². The van der Waals surface area contributed by atoms with Crippen LogP contribution >= 0.6 is 0 Å². The molecule has 1 aromatic carbocycles. The smallest absolute Gasteiger partial charge is 0.314 e. The molecule has 1 atom stereocenters. The molecule has 2 heterocycles. The van der Waals surface area contributed by atoms with Crippen LogP contribution in [-0.2, 0) is 6.54 Å². The Labute approximate surface area is 161 Å². The number of β-amino-alcohol motifs (C(OH)–C–C–N with tert-alkyl or cyclic N) is 1. The summed E-state index contributed by atoms with van der Waals surface area (Å²) >= 11 is 0. The van der Waals surface area contributed by atoms with Crippen molar-refractivity contribution in [3.8, 4) is 5.75 Å². The summed E-state index contributed by atoms with van der Waals surface area (Å²) < 4.78 is 5.75. The Balaban J connectivity index is 1.37. The van der Waals surface area contributed by atoms with Gasteiger partial charge in [-0.3, -0.25) is 4.90 Å². The van der Waals surface area contributed by atoms with Crippen LogP contribution in [0.5, 0.6) is 5.75 Å². The van der Waals surface area contributed by atoms with E-state index in [4.69, 9.17) is 10.5 Å². The van der Waals surface area contributed by atoms with Crippen LogP contribution in [0.4, 0.5) is 4.79 Å². The minimum absolute atomic E-state index is 0.324. The number of rotatable bonds is 7. The Kier molecular flexibility index (Phi) is 7.32. The van der Waals surface area contributed by atoms with Gasteiger partial charge in [0, 0.05) is 39.3 Å². The molecule has 0 aromatic heterocycles. The number of aliphatic hydroxyl groups is 1. The normalized spacial score (nSPS) is 20.4. The summed E-state index contributed by atoms with van der Waals surface area (Å²) in [5.74, 6) is 0.787. The van der Waals surface area contributed by atoms with Crippen LogP contribution < -0.4 is 10.5 Å². The van der Waals surface area contributed by atoms with Crippen molar-refractivity contribution in [2.75, 3.05) is 52.4 Å². The molecule has 2 saturated heterocycles. The highest BCUT2D eigenvalue weighted by molar-refractivity contribution is 5.72. The molecule has 7 nitrogen and oxygen atoms in total. The predicted octanol–water partition coefficient (Wildman–Crippen LogP) is 1.11. The zero-order valence-corrected chi connectivity index (χ0v) is 16.1. The number of ether oxygens (including phenoxy) is 1. The fourth-order valence-electron chi connectivity index (χ4n) is 3.76. The number of amides is 2. The summed E-state index contributed by atoms with van der Waals surface area (Å²) in [6.45, 7) is 7.08. The molecule has 3 rings (SSSR count). The number of urea groups is 1. The molecule has 27 heavy (non-hydrogen) atoms. The number of carbonyl (C=O) groups excluding carboxylic acids is 1. The first-order valence-corrected chi connectivity index (χ1v) is 9.99. The predicted molar refractivity (Wildman–Crippen MR) is 105 cm³/mol. The van der Waals surface area contributed by atoms with E-state index in [1.165, 1.54) is 24.8 Å². The lowest BCUT2D eigenvalue weighted by atomic mass is 10.1. The highest BCUT2D eigenvalue weighted by Crippen LogP contribution is 2.15. The van der Waals surface area contributed by atoms with Gasteiger partial charge in [0.2, 0.25) is 0 Å². The molecule has 3 N–H and O–H groups in total. The van der Waals surface area contributed by atoms with Crippen molar-refractivity contribution < 1.29 is 14.6 Å². The number of nitrogens with two attached hydrogens (primary N) is 1. The Morgan fingerprint density at radius 1 is 1.00 bits per heavy atom. The zero-order valence-electron chi connectivity index (χ0n) is 16.1. The quantitative estimate of drug-likeness (QED) is 0.745. The van der Waals surface area contributed by atoms with Gasteiger partial charge in [-0.05, 0) is 43.6 Å². The lowest BCUT2D eigenvalue weighted by molar-refractivity contribution is 0.0617. The van der Waals surface area contributed by atoms with E-state index in [1.54, 1.807) is 4.90 Å². The molecule has 2 amide bonds. The maximum atomic E-state index is 11.2. The van der Waals surface area contributed by atoms with Crippen LogP contribution in [0.1, 0.15) is 24.8 Å². The van der Waals surface area contributed by atoms with Crippen LogP contribution in [0.3, 0.4) is 0 Å². The molecule has 2 aliphatic heterocycles. The third kappa shape index (κ3) is 6.37.